The van der Waals surface area contributed by atoms with Crippen molar-refractivity contribution < 1.29 is 18.7 Å². The van der Waals surface area contributed by atoms with E-state index in [4.69, 9.17) is 10.8 Å². The van der Waals surface area contributed by atoms with Crippen LogP contribution in [0.3, 0.4) is 0 Å². The molecule has 118 valence electrons. The molecule has 7 nitrogen and oxygen atoms in total. The molecule has 8 heteroatoms. The van der Waals surface area contributed by atoms with Crippen LogP contribution in [0.1, 0.15) is 10.4 Å². The molecule has 0 unspecified atom stereocenters. The van der Waals surface area contributed by atoms with Crippen LogP contribution in [0.5, 0.6) is 0 Å². The van der Waals surface area contributed by atoms with E-state index >= 15 is 0 Å². The third-order valence-corrected chi connectivity index (χ3v) is 2.81. The van der Waals surface area contributed by atoms with Crippen molar-refractivity contribution in [2.24, 2.45) is 0 Å². The van der Waals surface area contributed by atoms with Gasteiger partial charge in [0.25, 0.3) is 0 Å². The fraction of sp³-hybridized carbons (Fsp3) is 0. The maximum absolute atomic E-state index is 12.3. The largest absolute Gasteiger partial charge is 0.478 e. The van der Waals surface area contributed by atoms with E-state index < -0.39 is 23.2 Å². The summed E-state index contributed by atoms with van der Waals surface area (Å²) in [6.07, 6.45) is 0. The number of fused-ring (bicyclic) bond motifs is 1. The molecule has 0 aliphatic rings. The number of para-hydroxylation sites is 1. The van der Waals surface area contributed by atoms with E-state index in [1.165, 1.54) is 0 Å². The lowest BCUT2D eigenvalue weighted by Gasteiger charge is -1.98. The smallest absolute Gasteiger partial charge is 0.419 e. The maximum Gasteiger partial charge on any atom is 0.419 e. The van der Waals surface area contributed by atoms with Gasteiger partial charge in [0.2, 0.25) is 0 Å². The lowest BCUT2D eigenvalue weighted by Crippen LogP contribution is -2.13. The molecule has 2 aromatic carbocycles. The first-order valence-corrected chi connectivity index (χ1v) is 6.29. The van der Waals surface area contributed by atoms with E-state index in [0.29, 0.717) is 10.9 Å². The fourth-order valence-electron chi connectivity index (χ4n) is 1.77. The molecular weight excluding hydrogens is 307 g/mol. The molecule has 1 aromatic heterocycles. The van der Waals surface area contributed by atoms with Crippen molar-refractivity contribution in [1.29, 1.82) is 0 Å². The molecule has 23 heavy (non-hydrogen) atoms. The minimum absolute atomic E-state index is 0.0579. The normalized spacial score (nSPS) is 9.96. The molecule has 0 saturated heterocycles. The molecule has 0 atom stereocenters. The average Bonchev–Trinajstić information content (AvgIpc) is 2.47. The number of nitrogen functional groups attached to an aromatic ring is 1. The van der Waals surface area contributed by atoms with Gasteiger partial charge >= 0.3 is 17.4 Å². The SMILES string of the molecule is Nc1cc(F)ccc1C(=O)O.O=c1[nH]c2ccccc2c(=O)o1. The highest BCUT2D eigenvalue weighted by molar-refractivity contribution is 5.93. The number of aromatic nitrogens is 1. The third-order valence-electron chi connectivity index (χ3n) is 2.81. The molecule has 0 spiro atoms. The first-order chi connectivity index (χ1) is 10.9. The summed E-state index contributed by atoms with van der Waals surface area (Å²) in [6, 6.07) is 9.84. The topological polar surface area (TPSA) is 126 Å². The number of carboxylic acids is 1. The number of aromatic carboxylic acids is 1. The minimum Gasteiger partial charge on any atom is -0.478 e. The van der Waals surface area contributed by atoms with Gasteiger partial charge in [-0.05, 0) is 30.3 Å². The lowest BCUT2D eigenvalue weighted by molar-refractivity contribution is 0.0698. The summed E-state index contributed by atoms with van der Waals surface area (Å²) in [5.41, 5.74) is 4.96. The number of carboxylic acid groups (broad SMARTS) is 1. The summed E-state index contributed by atoms with van der Waals surface area (Å²) in [7, 11) is 0. The van der Waals surface area contributed by atoms with Crippen molar-refractivity contribution in [2.45, 2.75) is 0 Å². The Kier molecular flexibility index (Phi) is 4.55. The number of halogens is 1. The number of H-pyrrole nitrogens is 1. The molecule has 3 rings (SSSR count). The predicted octanol–water partition coefficient (Wildman–Crippen LogP) is 1.59. The number of hydrogen-bond acceptors (Lipinski definition) is 5. The highest BCUT2D eigenvalue weighted by Gasteiger charge is 2.06. The van der Waals surface area contributed by atoms with Gasteiger partial charge in [0.15, 0.2) is 0 Å². The van der Waals surface area contributed by atoms with Crippen molar-refractivity contribution in [2.75, 3.05) is 5.73 Å². The van der Waals surface area contributed by atoms with Gasteiger partial charge in [-0.3, -0.25) is 4.98 Å². The molecule has 0 fully saturated rings. The standard InChI is InChI=1S/C8H5NO3.C7H6FNO2/c10-7-5-3-1-2-4-6(5)9-8(11)12-7;8-4-1-2-5(7(10)11)6(9)3-4/h1-4H,(H,9,11);1-3H,9H2,(H,10,11). The van der Waals surface area contributed by atoms with Gasteiger partial charge in [-0.2, -0.15) is 0 Å². The van der Waals surface area contributed by atoms with E-state index in [1.807, 2.05) is 0 Å². The average molecular weight is 318 g/mol. The van der Waals surface area contributed by atoms with Crippen LogP contribution < -0.4 is 17.1 Å². The van der Waals surface area contributed by atoms with Gasteiger partial charge in [0, 0.05) is 5.69 Å². The number of hydrogen-bond donors (Lipinski definition) is 3. The Hall–Kier alpha value is -3.42. The summed E-state index contributed by atoms with van der Waals surface area (Å²) in [5, 5.41) is 8.84. The van der Waals surface area contributed by atoms with Gasteiger partial charge in [-0.1, -0.05) is 12.1 Å². The number of benzene rings is 2. The molecular formula is C15H11FN2O5. The quantitative estimate of drug-likeness (QED) is 0.585. The van der Waals surface area contributed by atoms with Crippen LogP contribution in [0.2, 0.25) is 0 Å². The molecule has 0 bridgehead atoms. The van der Waals surface area contributed by atoms with Crippen LogP contribution in [0.4, 0.5) is 10.1 Å². The Morgan fingerprint density at radius 1 is 1.17 bits per heavy atom. The zero-order chi connectivity index (χ0) is 17.0. The first-order valence-electron chi connectivity index (χ1n) is 6.29. The summed E-state index contributed by atoms with van der Waals surface area (Å²) >= 11 is 0. The van der Waals surface area contributed by atoms with Crippen LogP contribution in [-0.4, -0.2) is 16.1 Å². The van der Waals surface area contributed by atoms with Gasteiger partial charge < -0.3 is 15.3 Å². The predicted molar refractivity (Wildman–Crippen MR) is 80.9 cm³/mol. The van der Waals surface area contributed by atoms with E-state index in [1.54, 1.807) is 24.3 Å². The molecule has 1 heterocycles. The molecule has 3 aromatic rings. The van der Waals surface area contributed by atoms with Gasteiger partial charge in [0.1, 0.15) is 5.82 Å². The van der Waals surface area contributed by atoms with Crippen LogP contribution in [0.25, 0.3) is 10.9 Å². The van der Waals surface area contributed by atoms with Gasteiger partial charge in [-0.15, -0.1) is 0 Å². The lowest BCUT2D eigenvalue weighted by atomic mass is 10.2. The summed E-state index contributed by atoms with van der Waals surface area (Å²) < 4.78 is 16.7. The van der Waals surface area contributed by atoms with Crippen molar-refractivity contribution in [3.8, 4) is 0 Å². The molecule has 0 saturated carbocycles. The Bertz CT molecular complexity index is 977. The minimum atomic E-state index is -1.15. The second-order valence-corrected chi connectivity index (χ2v) is 4.38. The Morgan fingerprint density at radius 2 is 1.87 bits per heavy atom. The van der Waals surface area contributed by atoms with E-state index in [-0.39, 0.29) is 11.3 Å². The second kappa shape index (κ2) is 6.56. The zero-order valence-electron chi connectivity index (χ0n) is 11.6. The van der Waals surface area contributed by atoms with Crippen LogP contribution in [0, 0.1) is 5.82 Å². The Balaban J connectivity index is 0.000000168. The Morgan fingerprint density at radius 3 is 2.52 bits per heavy atom. The number of anilines is 1. The maximum atomic E-state index is 12.3. The molecule has 0 aliphatic carbocycles. The van der Waals surface area contributed by atoms with Crippen LogP contribution in [-0.2, 0) is 0 Å². The number of nitrogens with one attached hydrogen (secondary N) is 1. The molecule has 0 radical (unpaired) electrons. The van der Waals surface area contributed by atoms with E-state index in [9.17, 15) is 18.8 Å². The fourth-order valence-corrected chi connectivity index (χ4v) is 1.77. The number of rotatable bonds is 1. The van der Waals surface area contributed by atoms with Gasteiger partial charge in [-0.25, -0.2) is 18.8 Å². The third kappa shape index (κ3) is 3.82. The molecule has 4 N–H and O–H groups in total. The zero-order valence-corrected chi connectivity index (χ0v) is 11.6. The highest BCUT2D eigenvalue weighted by Crippen LogP contribution is 2.12. The highest BCUT2D eigenvalue weighted by atomic mass is 19.1. The number of nitrogens with two attached hydrogens (primary N) is 1. The van der Waals surface area contributed by atoms with Crippen LogP contribution in [0.15, 0.2) is 56.5 Å². The number of aromatic amines is 1. The summed E-state index contributed by atoms with van der Waals surface area (Å²) in [4.78, 5) is 34.4. The second-order valence-electron chi connectivity index (χ2n) is 4.38. The molecule has 0 amide bonds. The van der Waals surface area contributed by atoms with Gasteiger partial charge in [0.05, 0.1) is 16.5 Å². The van der Waals surface area contributed by atoms with E-state index in [2.05, 4.69) is 9.40 Å². The van der Waals surface area contributed by atoms with Crippen molar-refractivity contribution in [1.82, 2.24) is 4.98 Å². The number of carbonyl (C=O) groups is 1. The van der Waals surface area contributed by atoms with E-state index in [0.717, 1.165) is 18.2 Å². The van der Waals surface area contributed by atoms with Crippen molar-refractivity contribution in [3.63, 3.8) is 0 Å². The Labute approximate surface area is 127 Å². The summed E-state index contributed by atoms with van der Waals surface area (Å²) in [6.45, 7) is 0. The first kappa shape index (κ1) is 16.0. The molecule has 0 aliphatic heterocycles. The van der Waals surface area contributed by atoms with Crippen molar-refractivity contribution >= 4 is 22.6 Å². The van der Waals surface area contributed by atoms with Crippen LogP contribution >= 0.6 is 0 Å². The monoisotopic (exact) mass is 318 g/mol. The summed E-state index contributed by atoms with van der Waals surface area (Å²) in [5.74, 6) is -2.41. The van der Waals surface area contributed by atoms with Crippen molar-refractivity contribution in [3.05, 3.63) is 74.8 Å².